The van der Waals surface area contributed by atoms with Gasteiger partial charge >= 0.3 is 0 Å². The lowest BCUT2D eigenvalue weighted by Gasteiger charge is -2.10. The number of nitrogens with zero attached hydrogens (tertiary/aromatic N) is 4. The van der Waals surface area contributed by atoms with E-state index in [0.717, 1.165) is 37.9 Å². The zero-order valence-electron chi connectivity index (χ0n) is 15.6. The van der Waals surface area contributed by atoms with Crippen molar-refractivity contribution in [2.75, 3.05) is 0 Å². The van der Waals surface area contributed by atoms with Crippen molar-refractivity contribution in [3.8, 4) is 0 Å². The second-order valence-electron chi connectivity index (χ2n) is 6.01. The van der Waals surface area contributed by atoms with Crippen LogP contribution in [-0.2, 0) is 13.0 Å². The fraction of sp³-hybridized carbons (Fsp3) is 0.611. The Morgan fingerprint density at radius 3 is 2.88 bits per heavy atom. The molecule has 2 rings (SSSR count). The summed E-state index contributed by atoms with van der Waals surface area (Å²) < 4.78 is 9.88. The Labute approximate surface area is 150 Å². The Hall–Kier alpha value is -1.62. The highest BCUT2D eigenvalue weighted by atomic mass is 35.5. The van der Waals surface area contributed by atoms with Crippen molar-refractivity contribution in [3.63, 3.8) is 0 Å². The van der Waals surface area contributed by atoms with E-state index in [-0.39, 0.29) is 12.3 Å². The predicted octanol–water partition coefficient (Wildman–Crippen LogP) is 4.15. The van der Waals surface area contributed by atoms with Crippen LogP contribution in [0.15, 0.2) is 30.0 Å². The molecule has 132 valence electrons. The number of hydrogen-bond donors (Lipinski definition) is 1. The van der Waals surface area contributed by atoms with Gasteiger partial charge in [-0.15, -0.1) is 0 Å². The summed E-state index contributed by atoms with van der Waals surface area (Å²) in [4.78, 5) is 15.8. The van der Waals surface area contributed by atoms with Crippen LogP contribution in [0.4, 0.5) is 0 Å². The summed E-state index contributed by atoms with van der Waals surface area (Å²) in [6.45, 7) is 5.17. The summed E-state index contributed by atoms with van der Waals surface area (Å²) >= 11 is 6.36. The van der Waals surface area contributed by atoms with Crippen LogP contribution in [-0.4, -0.2) is 25.6 Å². The molecule has 0 aromatic carbocycles. The molecule has 1 atom stereocenters. The number of imidazole rings is 1. The fourth-order valence-electron chi connectivity index (χ4n) is 2.70. The van der Waals surface area contributed by atoms with Crippen LogP contribution in [0.3, 0.4) is 0 Å². The number of H-pyrrole nitrogens is 1. The molecule has 1 unspecified atom stereocenters. The molecular formula is C18H28ClN5. The van der Waals surface area contributed by atoms with Crippen molar-refractivity contribution in [1.82, 2.24) is 19.5 Å². The maximum atomic E-state index is 7.76. The summed E-state index contributed by atoms with van der Waals surface area (Å²) in [5, 5.41) is 0.553. The molecule has 2 aromatic heterocycles. The first kappa shape index (κ1) is 17.2. The predicted molar refractivity (Wildman–Crippen MR) is 97.9 cm³/mol. The van der Waals surface area contributed by atoms with E-state index in [9.17, 15) is 0 Å². The lowest BCUT2D eigenvalue weighted by Crippen LogP contribution is -2.17. The standard InChI is InChI=1S/C18H28ClN5/c1-3-15(23-18-17(19)16(4-2)21-13-22-18)9-7-5-6-8-11-24-12-10-20-14-24/h10,12-15H,3-9,11H2,1-2H3,(H,21,22,23)/i13D. The summed E-state index contributed by atoms with van der Waals surface area (Å²) in [7, 11) is 0. The molecule has 0 aliphatic rings. The minimum absolute atomic E-state index is 0.120. The van der Waals surface area contributed by atoms with E-state index in [4.69, 9.17) is 18.0 Å². The molecule has 0 amide bonds. The zero-order chi connectivity index (χ0) is 18.1. The van der Waals surface area contributed by atoms with Crippen LogP contribution in [0.1, 0.15) is 59.4 Å². The smallest absolute Gasteiger partial charge is 0.169 e. The third-order valence-corrected chi connectivity index (χ3v) is 4.62. The molecule has 0 fully saturated rings. The quantitative estimate of drug-likeness (QED) is 0.654. The molecule has 0 bridgehead atoms. The van der Waals surface area contributed by atoms with Crippen LogP contribution < -0.4 is 5.49 Å². The van der Waals surface area contributed by atoms with Crippen LogP contribution in [0.25, 0.3) is 0 Å². The summed E-state index contributed by atoms with van der Waals surface area (Å²) in [5.74, 6) is 0. The van der Waals surface area contributed by atoms with E-state index in [1.165, 1.54) is 19.3 Å². The summed E-state index contributed by atoms with van der Waals surface area (Å²) in [6.07, 6.45) is 13.3. The molecule has 0 saturated carbocycles. The number of aryl methyl sites for hydroxylation is 2. The number of aromatic amines is 1. The average Bonchev–Trinajstić information content (AvgIpc) is 3.12. The average molecular weight is 351 g/mol. The van der Waals surface area contributed by atoms with Gasteiger partial charge in [0, 0.05) is 24.6 Å². The molecule has 0 aliphatic heterocycles. The highest BCUT2D eigenvalue weighted by Crippen LogP contribution is 2.12. The Morgan fingerprint density at radius 2 is 2.17 bits per heavy atom. The first-order chi connectivity index (χ1) is 12.1. The fourth-order valence-corrected chi connectivity index (χ4v) is 2.97. The minimum atomic E-state index is 0.120. The van der Waals surface area contributed by atoms with Crippen molar-refractivity contribution in [3.05, 3.63) is 41.2 Å². The van der Waals surface area contributed by atoms with E-state index in [1.807, 2.05) is 25.6 Å². The molecular weight excluding hydrogens is 322 g/mol. The highest BCUT2D eigenvalue weighted by molar-refractivity contribution is 6.30. The molecule has 1 N–H and O–H groups in total. The van der Waals surface area contributed by atoms with Gasteiger partial charge in [0.25, 0.3) is 0 Å². The van der Waals surface area contributed by atoms with Gasteiger partial charge in [-0.05, 0) is 25.7 Å². The molecule has 5 nitrogen and oxygen atoms in total. The molecule has 0 saturated heterocycles. The molecule has 0 radical (unpaired) electrons. The Morgan fingerprint density at radius 1 is 1.33 bits per heavy atom. The Kier molecular flexibility index (Phi) is 7.38. The molecule has 6 heteroatoms. The van der Waals surface area contributed by atoms with Gasteiger partial charge in [0.1, 0.15) is 6.39 Å². The Bertz CT molecular complexity index is 696. The van der Waals surface area contributed by atoms with Crippen LogP contribution >= 0.6 is 11.6 Å². The molecule has 2 aromatic rings. The third kappa shape index (κ3) is 5.78. The summed E-state index contributed by atoms with van der Waals surface area (Å²) in [5.41, 5.74) is 1.34. The maximum Gasteiger partial charge on any atom is 0.169 e. The molecule has 24 heavy (non-hydrogen) atoms. The van der Waals surface area contributed by atoms with Crippen molar-refractivity contribution in [2.24, 2.45) is 4.99 Å². The number of aromatic nitrogens is 4. The zero-order valence-corrected chi connectivity index (χ0v) is 15.4. The second-order valence-corrected chi connectivity index (χ2v) is 6.39. The molecule has 0 aliphatic carbocycles. The van der Waals surface area contributed by atoms with Crippen molar-refractivity contribution in [2.45, 2.75) is 71.4 Å². The molecule has 2 heterocycles. The van der Waals surface area contributed by atoms with Gasteiger partial charge < -0.3 is 9.55 Å². The van der Waals surface area contributed by atoms with E-state index < -0.39 is 0 Å². The third-order valence-electron chi connectivity index (χ3n) is 4.22. The van der Waals surface area contributed by atoms with Crippen LogP contribution in [0.5, 0.6) is 0 Å². The largest absolute Gasteiger partial charge is 0.348 e. The van der Waals surface area contributed by atoms with E-state index in [2.05, 4.69) is 26.4 Å². The summed E-state index contributed by atoms with van der Waals surface area (Å²) in [6, 6.07) is 0.213. The van der Waals surface area contributed by atoms with E-state index in [0.29, 0.717) is 10.5 Å². The second kappa shape index (κ2) is 10.3. The van der Waals surface area contributed by atoms with Crippen molar-refractivity contribution >= 4 is 11.6 Å². The first-order valence-electron chi connectivity index (χ1n) is 9.38. The number of unbranched alkanes of at least 4 members (excludes halogenated alkanes) is 3. The minimum Gasteiger partial charge on any atom is -0.348 e. The maximum absolute atomic E-state index is 7.76. The number of hydrogen-bond acceptors (Lipinski definition) is 3. The SMILES string of the molecule is [2H]c1nc(=NC(CC)CCCCCCn2ccnc2)c(Cl)c(CC)[nH]1. The Balaban J connectivity index is 1.83. The van der Waals surface area contributed by atoms with Gasteiger partial charge in [0.2, 0.25) is 0 Å². The van der Waals surface area contributed by atoms with Crippen molar-refractivity contribution < 1.29 is 1.37 Å². The monoisotopic (exact) mass is 350 g/mol. The lowest BCUT2D eigenvalue weighted by molar-refractivity contribution is 0.510. The lowest BCUT2D eigenvalue weighted by atomic mass is 10.1. The van der Waals surface area contributed by atoms with E-state index >= 15 is 0 Å². The topological polar surface area (TPSA) is 58.9 Å². The van der Waals surface area contributed by atoms with Gasteiger partial charge in [0.15, 0.2) is 5.49 Å². The van der Waals surface area contributed by atoms with Gasteiger partial charge in [-0.25, -0.2) is 9.97 Å². The number of nitrogens with one attached hydrogen (secondary N) is 1. The van der Waals surface area contributed by atoms with Gasteiger partial charge in [-0.3, -0.25) is 4.99 Å². The van der Waals surface area contributed by atoms with Gasteiger partial charge in [-0.1, -0.05) is 44.7 Å². The number of rotatable bonds is 10. The molecule has 0 spiro atoms. The normalized spacial score (nSPS) is 14.0. The first-order valence-corrected chi connectivity index (χ1v) is 9.26. The highest BCUT2D eigenvalue weighted by Gasteiger charge is 2.07. The van der Waals surface area contributed by atoms with Crippen LogP contribution in [0, 0.1) is 0 Å². The van der Waals surface area contributed by atoms with Gasteiger partial charge in [0.05, 0.1) is 18.7 Å². The van der Waals surface area contributed by atoms with Gasteiger partial charge in [-0.2, -0.15) is 0 Å². The van der Waals surface area contributed by atoms with Crippen LogP contribution in [0.2, 0.25) is 5.02 Å². The van der Waals surface area contributed by atoms with E-state index in [1.54, 1.807) is 0 Å². The number of halogens is 1. The van der Waals surface area contributed by atoms with Crippen molar-refractivity contribution in [1.29, 1.82) is 0 Å².